The third kappa shape index (κ3) is 3.66. The van der Waals surface area contributed by atoms with Crippen molar-refractivity contribution < 1.29 is 23.1 Å². The summed E-state index contributed by atoms with van der Waals surface area (Å²) >= 11 is 0. The van der Waals surface area contributed by atoms with Crippen LogP contribution in [-0.2, 0) is 4.79 Å². The van der Waals surface area contributed by atoms with E-state index in [1.807, 2.05) is 13.0 Å². The molecule has 1 N–H and O–H groups in total. The van der Waals surface area contributed by atoms with Crippen LogP contribution in [0.3, 0.4) is 0 Å². The Kier molecular flexibility index (Phi) is 4.65. The van der Waals surface area contributed by atoms with Gasteiger partial charge < -0.3 is 5.11 Å². The van der Waals surface area contributed by atoms with Gasteiger partial charge in [0.1, 0.15) is 0 Å². The van der Waals surface area contributed by atoms with Crippen LogP contribution >= 0.6 is 0 Å². The number of aliphatic hydroxyl groups is 1. The van der Waals surface area contributed by atoms with E-state index in [1.165, 1.54) is 0 Å². The highest BCUT2D eigenvalue weighted by Crippen LogP contribution is 2.28. The second kappa shape index (κ2) is 5.85. The van der Waals surface area contributed by atoms with E-state index in [4.69, 9.17) is 5.11 Å². The van der Waals surface area contributed by atoms with Gasteiger partial charge in [0.25, 0.3) is 0 Å². The van der Waals surface area contributed by atoms with E-state index in [2.05, 4.69) is 10.2 Å². The van der Waals surface area contributed by atoms with Crippen LogP contribution in [0.2, 0.25) is 0 Å². The summed E-state index contributed by atoms with van der Waals surface area (Å²) in [5.74, 6) is -3.06. The van der Waals surface area contributed by atoms with E-state index >= 15 is 0 Å². The maximum Gasteiger partial charge on any atom is 0.451 e. The van der Waals surface area contributed by atoms with Gasteiger partial charge in [0, 0.05) is 6.92 Å². The highest BCUT2D eigenvalue weighted by atomic mass is 19.4. The molecular formula is C13H13F3N2O2. The summed E-state index contributed by atoms with van der Waals surface area (Å²) in [5.41, 5.74) is 0.831. The fraction of sp³-hybridized carbons (Fsp3) is 0.308. The molecule has 1 aromatic rings. The SMILES string of the molecule is CC(=O)/C(N=Nc1cccc(C)c1C)=C(/O)C(F)(F)F. The molecular weight excluding hydrogens is 273 g/mol. The minimum Gasteiger partial charge on any atom is -0.503 e. The zero-order chi connectivity index (χ0) is 15.5. The molecule has 0 saturated heterocycles. The zero-order valence-electron chi connectivity index (χ0n) is 11.1. The molecule has 0 aliphatic heterocycles. The van der Waals surface area contributed by atoms with Crippen molar-refractivity contribution in [2.45, 2.75) is 26.9 Å². The van der Waals surface area contributed by atoms with Gasteiger partial charge in [0.2, 0.25) is 5.76 Å². The van der Waals surface area contributed by atoms with Gasteiger partial charge in [-0.2, -0.15) is 18.3 Å². The number of allylic oxidation sites excluding steroid dienone is 2. The lowest BCUT2D eigenvalue weighted by Crippen LogP contribution is -2.16. The van der Waals surface area contributed by atoms with Gasteiger partial charge in [0.05, 0.1) is 5.69 Å². The van der Waals surface area contributed by atoms with Gasteiger partial charge in [-0.05, 0) is 31.0 Å². The Morgan fingerprint density at radius 2 is 1.85 bits per heavy atom. The highest BCUT2D eigenvalue weighted by Gasteiger charge is 2.38. The number of azo groups is 1. The fourth-order valence-corrected chi connectivity index (χ4v) is 1.37. The van der Waals surface area contributed by atoms with E-state index in [0.29, 0.717) is 5.69 Å². The number of aryl methyl sites for hydroxylation is 1. The third-order valence-corrected chi connectivity index (χ3v) is 2.66. The molecule has 108 valence electrons. The molecule has 0 unspecified atom stereocenters. The summed E-state index contributed by atoms with van der Waals surface area (Å²) < 4.78 is 37.1. The minimum atomic E-state index is -5.04. The fourth-order valence-electron chi connectivity index (χ4n) is 1.37. The molecule has 1 rings (SSSR count). The number of aliphatic hydroxyl groups excluding tert-OH is 1. The second-order valence-electron chi connectivity index (χ2n) is 4.17. The number of halogens is 3. The Morgan fingerprint density at radius 1 is 1.25 bits per heavy atom. The van der Waals surface area contributed by atoms with E-state index in [-0.39, 0.29) is 0 Å². The van der Waals surface area contributed by atoms with E-state index in [9.17, 15) is 18.0 Å². The van der Waals surface area contributed by atoms with Gasteiger partial charge in [-0.15, -0.1) is 5.11 Å². The molecule has 1 aromatic carbocycles. The number of ketones is 1. The van der Waals surface area contributed by atoms with Gasteiger partial charge in [0.15, 0.2) is 11.5 Å². The first-order valence-corrected chi connectivity index (χ1v) is 5.64. The summed E-state index contributed by atoms with van der Waals surface area (Å²) in [6.45, 7) is 4.41. The normalized spacial score (nSPS) is 13.5. The molecule has 0 saturated carbocycles. The summed E-state index contributed by atoms with van der Waals surface area (Å²) in [6, 6.07) is 5.02. The Bertz CT molecular complexity index is 590. The summed E-state index contributed by atoms with van der Waals surface area (Å²) in [4.78, 5) is 11.1. The van der Waals surface area contributed by atoms with Crippen molar-refractivity contribution in [1.29, 1.82) is 0 Å². The maximum absolute atomic E-state index is 12.4. The minimum absolute atomic E-state index is 0.332. The van der Waals surface area contributed by atoms with Crippen LogP contribution in [0.4, 0.5) is 18.9 Å². The molecule has 0 aromatic heterocycles. The predicted molar refractivity (Wildman–Crippen MR) is 66.8 cm³/mol. The summed E-state index contributed by atoms with van der Waals surface area (Å²) in [6.07, 6.45) is -5.04. The highest BCUT2D eigenvalue weighted by molar-refractivity contribution is 5.93. The molecule has 0 aliphatic rings. The molecule has 0 fully saturated rings. The molecule has 0 radical (unpaired) electrons. The van der Waals surface area contributed by atoms with E-state index in [0.717, 1.165) is 18.1 Å². The van der Waals surface area contributed by atoms with Crippen molar-refractivity contribution in [2.75, 3.05) is 0 Å². The first-order chi connectivity index (χ1) is 9.14. The van der Waals surface area contributed by atoms with Crippen molar-refractivity contribution in [3.8, 4) is 0 Å². The van der Waals surface area contributed by atoms with Crippen molar-refractivity contribution >= 4 is 11.5 Å². The molecule has 0 amide bonds. The number of rotatable bonds is 3. The molecule has 0 bridgehead atoms. The second-order valence-corrected chi connectivity index (χ2v) is 4.17. The molecule has 4 nitrogen and oxygen atoms in total. The molecule has 0 spiro atoms. The molecule has 0 heterocycles. The Morgan fingerprint density at radius 3 is 2.35 bits per heavy atom. The van der Waals surface area contributed by atoms with Gasteiger partial charge in [-0.1, -0.05) is 12.1 Å². The number of benzene rings is 1. The van der Waals surface area contributed by atoms with Gasteiger partial charge >= 0.3 is 6.18 Å². The summed E-state index contributed by atoms with van der Waals surface area (Å²) in [7, 11) is 0. The number of nitrogens with zero attached hydrogens (tertiary/aromatic N) is 2. The average Bonchev–Trinajstić information content (AvgIpc) is 2.32. The van der Waals surface area contributed by atoms with Crippen molar-refractivity contribution in [1.82, 2.24) is 0 Å². The Hall–Kier alpha value is -2.18. The quantitative estimate of drug-likeness (QED) is 0.511. The lowest BCUT2D eigenvalue weighted by Gasteiger charge is -2.07. The molecule has 20 heavy (non-hydrogen) atoms. The Balaban J connectivity index is 3.25. The summed E-state index contributed by atoms with van der Waals surface area (Å²) in [5, 5.41) is 15.9. The number of carbonyl (C=O) groups is 1. The Labute approximate surface area is 113 Å². The van der Waals surface area contributed by atoms with E-state index in [1.54, 1.807) is 19.1 Å². The maximum atomic E-state index is 12.4. The van der Waals surface area contributed by atoms with Crippen LogP contribution in [0.25, 0.3) is 0 Å². The van der Waals surface area contributed by atoms with Crippen molar-refractivity contribution in [3.05, 3.63) is 40.8 Å². The van der Waals surface area contributed by atoms with Crippen LogP contribution in [0.1, 0.15) is 18.1 Å². The van der Waals surface area contributed by atoms with Crippen LogP contribution in [-0.4, -0.2) is 17.1 Å². The lowest BCUT2D eigenvalue weighted by atomic mass is 10.1. The van der Waals surface area contributed by atoms with Gasteiger partial charge in [-0.3, -0.25) is 4.79 Å². The monoisotopic (exact) mass is 286 g/mol. The molecule has 7 heteroatoms. The van der Waals surface area contributed by atoms with Crippen LogP contribution in [0, 0.1) is 13.8 Å². The number of hydrogen-bond acceptors (Lipinski definition) is 4. The van der Waals surface area contributed by atoms with Crippen LogP contribution < -0.4 is 0 Å². The van der Waals surface area contributed by atoms with Crippen molar-refractivity contribution in [3.63, 3.8) is 0 Å². The van der Waals surface area contributed by atoms with Crippen LogP contribution in [0.15, 0.2) is 39.9 Å². The average molecular weight is 286 g/mol. The van der Waals surface area contributed by atoms with Crippen molar-refractivity contribution in [2.24, 2.45) is 10.2 Å². The van der Waals surface area contributed by atoms with Gasteiger partial charge in [-0.25, -0.2) is 0 Å². The number of carbonyl (C=O) groups excluding carboxylic acids is 1. The zero-order valence-corrected chi connectivity index (χ0v) is 11.1. The lowest BCUT2D eigenvalue weighted by molar-refractivity contribution is -0.126. The van der Waals surface area contributed by atoms with E-state index < -0.39 is 23.4 Å². The molecule has 0 aliphatic carbocycles. The number of Topliss-reactive ketones (excluding diaryl/α,β-unsaturated/α-hetero) is 1. The molecule has 0 atom stereocenters. The smallest absolute Gasteiger partial charge is 0.451 e. The topological polar surface area (TPSA) is 62.0 Å². The predicted octanol–water partition coefficient (Wildman–Crippen LogP) is 4.31. The van der Waals surface area contributed by atoms with Crippen LogP contribution in [0.5, 0.6) is 0 Å². The number of alkyl halides is 3. The largest absolute Gasteiger partial charge is 0.503 e. The first-order valence-electron chi connectivity index (χ1n) is 5.64. The first kappa shape index (κ1) is 15.9. The number of hydrogen-bond donors (Lipinski definition) is 1. The third-order valence-electron chi connectivity index (χ3n) is 2.66. The standard InChI is InChI=1S/C13H13F3N2O2/c1-7-5-4-6-10(8(7)2)17-18-11(9(3)19)12(20)13(14,15)16/h4-6,20H,1-3H3/b12-11-,18-17?.